The molecule has 1 aliphatic carbocycles. The van der Waals surface area contributed by atoms with E-state index in [0.717, 1.165) is 41.1 Å². The summed E-state index contributed by atoms with van der Waals surface area (Å²) < 4.78 is 3.82. The molecule has 2 aromatic carbocycles. The third-order valence-corrected chi connectivity index (χ3v) is 5.45. The summed E-state index contributed by atoms with van der Waals surface area (Å²) >= 11 is 1.13. The highest BCUT2D eigenvalue weighted by Gasteiger charge is 2.42. The van der Waals surface area contributed by atoms with Crippen LogP contribution in [0.2, 0.25) is 0 Å². The van der Waals surface area contributed by atoms with Gasteiger partial charge in [-0.3, -0.25) is 9.59 Å². The van der Waals surface area contributed by atoms with Crippen LogP contribution in [0.3, 0.4) is 0 Å². The predicted octanol–water partition coefficient (Wildman–Crippen LogP) is 3.51. The van der Waals surface area contributed by atoms with E-state index in [-0.39, 0.29) is 23.6 Å². The predicted molar refractivity (Wildman–Crippen MR) is 111 cm³/mol. The van der Waals surface area contributed by atoms with Crippen molar-refractivity contribution < 1.29 is 9.59 Å². The monoisotopic (exact) mass is 406 g/mol. The highest BCUT2D eigenvalue weighted by molar-refractivity contribution is 7.03. The first kappa shape index (κ1) is 19.3. The van der Waals surface area contributed by atoms with E-state index in [2.05, 4.69) is 14.9 Å². The third-order valence-electron chi connectivity index (χ3n) is 4.95. The van der Waals surface area contributed by atoms with Crippen molar-refractivity contribution in [2.45, 2.75) is 38.4 Å². The fourth-order valence-electron chi connectivity index (χ4n) is 3.40. The van der Waals surface area contributed by atoms with Gasteiger partial charge >= 0.3 is 0 Å². The van der Waals surface area contributed by atoms with Crippen LogP contribution in [0.4, 0.5) is 0 Å². The summed E-state index contributed by atoms with van der Waals surface area (Å²) in [7, 11) is 0. The first-order chi connectivity index (χ1) is 14.1. The van der Waals surface area contributed by atoms with Crippen molar-refractivity contribution >= 4 is 23.3 Å². The molecule has 1 atom stereocenters. The summed E-state index contributed by atoms with van der Waals surface area (Å²) in [5, 5.41) is 8.59. The molecule has 4 rings (SSSR count). The number of hydrogen-bond donors (Lipinski definition) is 1. The summed E-state index contributed by atoms with van der Waals surface area (Å²) in [6.07, 6.45) is 1.77. The van der Waals surface area contributed by atoms with Crippen molar-refractivity contribution in [3.05, 3.63) is 82.4 Å². The molecule has 0 bridgehead atoms. The van der Waals surface area contributed by atoms with Crippen LogP contribution in [0.15, 0.2) is 60.0 Å². The minimum Gasteiger partial charge on any atom is -0.350 e. The Morgan fingerprint density at radius 2 is 1.97 bits per heavy atom. The number of hydrogen-bond acceptors (Lipinski definition) is 5. The van der Waals surface area contributed by atoms with Crippen LogP contribution < -0.4 is 5.32 Å². The lowest BCUT2D eigenvalue weighted by atomic mass is 10.0. The smallest absolute Gasteiger partial charge is 0.276 e. The largest absolute Gasteiger partial charge is 0.350 e. The van der Waals surface area contributed by atoms with Gasteiger partial charge in [0.25, 0.3) is 5.91 Å². The molecule has 3 aromatic rings. The average Bonchev–Trinajstić information content (AvgIpc) is 3.42. The number of nitrogens with zero attached hydrogens (tertiary/aromatic N) is 3. The zero-order valence-electron chi connectivity index (χ0n) is 16.1. The zero-order chi connectivity index (χ0) is 20.2. The van der Waals surface area contributed by atoms with Crippen LogP contribution in [0, 0.1) is 6.92 Å². The van der Waals surface area contributed by atoms with Crippen molar-refractivity contribution in [3.8, 4) is 0 Å². The van der Waals surface area contributed by atoms with E-state index in [1.54, 1.807) is 10.3 Å². The normalized spacial score (nSPS) is 14.2. The van der Waals surface area contributed by atoms with Crippen LogP contribution >= 0.6 is 11.5 Å². The van der Waals surface area contributed by atoms with E-state index in [1.165, 1.54) is 0 Å². The Bertz CT molecular complexity index is 987. The topological polar surface area (TPSA) is 75.2 Å². The maximum Gasteiger partial charge on any atom is 0.276 e. The fraction of sp³-hybridized carbons (Fsp3) is 0.273. The van der Waals surface area contributed by atoms with E-state index < -0.39 is 6.04 Å². The number of nitrogens with one attached hydrogen (secondary N) is 1. The quantitative estimate of drug-likeness (QED) is 0.652. The van der Waals surface area contributed by atoms with Gasteiger partial charge in [-0.25, -0.2) is 0 Å². The number of aryl methyl sites for hydroxylation is 1. The number of carbonyl (C=O) groups is 2. The molecule has 7 heteroatoms. The molecule has 1 aromatic heterocycles. The van der Waals surface area contributed by atoms with E-state index in [0.29, 0.717) is 6.54 Å². The number of aromatic nitrogens is 2. The molecule has 1 heterocycles. The van der Waals surface area contributed by atoms with Crippen LogP contribution in [0.5, 0.6) is 0 Å². The van der Waals surface area contributed by atoms with Gasteiger partial charge in [-0.1, -0.05) is 64.6 Å². The molecule has 0 aliphatic heterocycles. The van der Waals surface area contributed by atoms with Crippen LogP contribution in [-0.4, -0.2) is 32.3 Å². The van der Waals surface area contributed by atoms with E-state index in [1.807, 2.05) is 61.5 Å². The van der Waals surface area contributed by atoms with E-state index in [9.17, 15) is 9.59 Å². The molecular formula is C22H22N4O2S. The van der Waals surface area contributed by atoms with Crippen molar-refractivity contribution in [2.24, 2.45) is 0 Å². The second kappa shape index (κ2) is 8.53. The highest BCUT2D eigenvalue weighted by Crippen LogP contribution is 2.36. The van der Waals surface area contributed by atoms with Gasteiger partial charge in [0.15, 0.2) is 5.69 Å². The van der Waals surface area contributed by atoms with Gasteiger partial charge in [-0.05, 0) is 42.4 Å². The molecule has 0 spiro atoms. The maximum atomic E-state index is 13.3. The summed E-state index contributed by atoms with van der Waals surface area (Å²) in [5.41, 5.74) is 3.15. The van der Waals surface area contributed by atoms with Gasteiger partial charge < -0.3 is 10.2 Å². The molecular weight excluding hydrogens is 384 g/mol. The number of benzene rings is 2. The summed E-state index contributed by atoms with van der Waals surface area (Å²) in [5.74, 6) is -0.439. The standard InChI is InChI=1S/C22H22N4O2S/c1-15-6-5-9-17(12-15)20(21(27)23-13-16-7-3-2-4-8-16)26(18-10-11-18)22(28)19-14-29-25-24-19/h2-9,12,14,18,20H,10-11,13H2,1H3,(H,23,27)/t20-/m1/s1. The molecule has 2 amide bonds. The minimum absolute atomic E-state index is 0.0391. The lowest BCUT2D eigenvalue weighted by Crippen LogP contribution is -2.45. The van der Waals surface area contributed by atoms with Gasteiger partial charge in [0.1, 0.15) is 6.04 Å². The van der Waals surface area contributed by atoms with Crippen molar-refractivity contribution in [1.29, 1.82) is 0 Å². The molecule has 0 radical (unpaired) electrons. The zero-order valence-corrected chi connectivity index (χ0v) is 16.9. The first-order valence-corrected chi connectivity index (χ1v) is 10.4. The van der Waals surface area contributed by atoms with E-state index >= 15 is 0 Å². The van der Waals surface area contributed by atoms with Crippen LogP contribution in [0.1, 0.15) is 46.1 Å². The van der Waals surface area contributed by atoms with Crippen LogP contribution in [-0.2, 0) is 11.3 Å². The summed E-state index contributed by atoms with van der Waals surface area (Å²) in [6.45, 7) is 2.39. The number of carbonyl (C=O) groups excluding carboxylic acids is 2. The molecule has 0 unspecified atom stereocenters. The van der Waals surface area contributed by atoms with Crippen molar-refractivity contribution in [3.63, 3.8) is 0 Å². The Labute approximate surface area is 173 Å². The van der Waals surface area contributed by atoms with Gasteiger partial charge in [0, 0.05) is 18.0 Å². The van der Waals surface area contributed by atoms with Crippen molar-refractivity contribution in [1.82, 2.24) is 19.8 Å². The second-order valence-corrected chi connectivity index (χ2v) is 7.86. The van der Waals surface area contributed by atoms with Gasteiger partial charge in [-0.15, -0.1) is 5.10 Å². The highest BCUT2D eigenvalue weighted by atomic mass is 32.1. The number of rotatable bonds is 7. The SMILES string of the molecule is Cc1cccc([C@H](C(=O)NCc2ccccc2)N(C(=O)c2csnn2)C2CC2)c1. The molecule has 1 saturated carbocycles. The molecule has 148 valence electrons. The van der Waals surface area contributed by atoms with Gasteiger partial charge in [0.2, 0.25) is 5.91 Å². The Balaban J connectivity index is 1.65. The fourth-order valence-corrected chi connectivity index (χ4v) is 3.83. The Morgan fingerprint density at radius 3 is 2.62 bits per heavy atom. The molecule has 29 heavy (non-hydrogen) atoms. The lowest BCUT2D eigenvalue weighted by Gasteiger charge is -2.31. The second-order valence-electron chi connectivity index (χ2n) is 7.25. The summed E-state index contributed by atoms with van der Waals surface area (Å²) in [6, 6.07) is 16.9. The molecule has 1 N–H and O–H groups in total. The third kappa shape index (κ3) is 4.51. The average molecular weight is 407 g/mol. The summed E-state index contributed by atoms with van der Waals surface area (Å²) in [4.78, 5) is 28.2. The van der Waals surface area contributed by atoms with Gasteiger partial charge in [0.05, 0.1) is 0 Å². The molecule has 0 saturated heterocycles. The Hall–Kier alpha value is -3.06. The molecule has 1 fully saturated rings. The Kier molecular flexibility index (Phi) is 5.67. The molecule has 6 nitrogen and oxygen atoms in total. The maximum absolute atomic E-state index is 13.3. The van der Waals surface area contributed by atoms with Crippen molar-refractivity contribution in [2.75, 3.05) is 0 Å². The van der Waals surface area contributed by atoms with Gasteiger partial charge in [-0.2, -0.15) is 0 Å². The first-order valence-electron chi connectivity index (χ1n) is 9.61. The Morgan fingerprint density at radius 1 is 1.17 bits per heavy atom. The molecule has 1 aliphatic rings. The minimum atomic E-state index is -0.708. The van der Waals surface area contributed by atoms with E-state index in [4.69, 9.17) is 0 Å². The lowest BCUT2D eigenvalue weighted by molar-refractivity contribution is -0.126. The number of amides is 2. The van der Waals surface area contributed by atoms with Crippen LogP contribution in [0.25, 0.3) is 0 Å².